The number of hydrogen-bond acceptors (Lipinski definition) is 2. The Morgan fingerprint density at radius 1 is 1.30 bits per heavy atom. The van der Waals surface area contributed by atoms with E-state index >= 15 is 0 Å². The number of carbonyl (C=O) groups is 1. The second-order valence-corrected chi connectivity index (χ2v) is 1.68. The number of hydrogen-bond donors (Lipinski definition) is 1. The van der Waals surface area contributed by atoms with E-state index in [9.17, 15) is 4.79 Å². The number of carbonyl (C=O) groups excluding carboxylic acids is 1. The van der Waals surface area contributed by atoms with Gasteiger partial charge in [0.1, 0.15) is 5.75 Å². The van der Waals surface area contributed by atoms with Gasteiger partial charge >= 0.3 is 0 Å². The monoisotopic (exact) mass is 264 g/mol. The summed E-state index contributed by atoms with van der Waals surface area (Å²) in [7, 11) is 0. The molecule has 1 aromatic carbocycles. The Morgan fingerprint density at radius 3 is 2.30 bits per heavy atom. The summed E-state index contributed by atoms with van der Waals surface area (Å²) in [6.07, 6.45) is 0.620. The summed E-state index contributed by atoms with van der Waals surface area (Å²) in [6.45, 7) is 0. The minimum absolute atomic E-state index is 0. The first-order valence-electron chi connectivity index (χ1n) is 2.58. The first-order valence-corrected chi connectivity index (χ1v) is 2.58. The second kappa shape index (κ2) is 4.80. The Labute approximate surface area is 91.8 Å². The normalized spacial score (nSPS) is 8.00. The third kappa shape index (κ3) is 2.34. The van der Waals surface area contributed by atoms with Crippen LogP contribution in [0.5, 0.6) is 5.75 Å². The number of aromatic hydroxyl groups is 1. The molecule has 0 amide bonds. The van der Waals surface area contributed by atoms with E-state index in [2.05, 4.69) is 0 Å². The fourth-order valence-corrected chi connectivity index (χ4v) is 0.587. The third-order valence-corrected chi connectivity index (χ3v) is 1.06. The van der Waals surface area contributed by atoms with Crippen molar-refractivity contribution in [3.8, 4) is 5.75 Å². The van der Waals surface area contributed by atoms with Gasteiger partial charge in [-0.05, 0) is 12.1 Å². The molecule has 10 heavy (non-hydrogen) atoms. The van der Waals surface area contributed by atoms with Crippen LogP contribution in [0.15, 0.2) is 24.3 Å². The Balaban J connectivity index is 0.000000810. The van der Waals surface area contributed by atoms with Crippen LogP contribution in [0.25, 0.3) is 0 Å². The molecular weight excluding hydrogens is 260 g/mol. The number of benzene rings is 1. The van der Waals surface area contributed by atoms with Crippen LogP contribution in [0, 0.1) is 40.8 Å². The molecule has 0 aliphatic carbocycles. The van der Waals surface area contributed by atoms with Gasteiger partial charge in [0.2, 0.25) is 0 Å². The number of phenolic OH excluding ortho intramolecular Hbond substituents is 1. The van der Waals surface area contributed by atoms with E-state index in [1.54, 1.807) is 18.2 Å². The maximum Gasteiger partial charge on any atom is 0.153 e. The van der Waals surface area contributed by atoms with Gasteiger partial charge in [0.05, 0.1) is 5.56 Å². The van der Waals surface area contributed by atoms with E-state index in [1.807, 2.05) is 0 Å². The van der Waals surface area contributed by atoms with E-state index in [0.717, 1.165) is 0 Å². The predicted molar refractivity (Wildman–Crippen MR) is 33.5 cm³/mol. The van der Waals surface area contributed by atoms with Crippen LogP contribution in [0.1, 0.15) is 10.4 Å². The molecule has 1 rings (SSSR count). The minimum atomic E-state index is 0. The number of para-hydroxylation sites is 1. The van der Waals surface area contributed by atoms with E-state index < -0.39 is 0 Å². The molecule has 0 saturated carbocycles. The SMILES string of the molecule is O=Cc1ccccc1O.[Nd]. The van der Waals surface area contributed by atoms with Crippen LogP contribution in [-0.4, -0.2) is 11.4 Å². The van der Waals surface area contributed by atoms with Crippen LogP contribution < -0.4 is 0 Å². The molecule has 0 aromatic heterocycles. The Hall–Kier alpha value is 0.0406. The van der Waals surface area contributed by atoms with Crippen LogP contribution in [0.2, 0.25) is 0 Å². The standard InChI is InChI=1S/C7H6O2.Nd/c8-5-6-3-1-2-4-7(6)9;/h1-5,9H;. The number of rotatable bonds is 1. The largest absolute Gasteiger partial charge is 0.507 e. The quantitative estimate of drug-likeness (QED) is 0.776. The van der Waals surface area contributed by atoms with Crippen molar-refractivity contribution >= 4 is 6.29 Å². The van der Waals surface area contributed by atoms with Crippen molar-refractivity contribution in [2.45, 2.75) is 0 Å². The average Bonchev–Trinajstić information content (AvgIpc) is 1.89. The van der Waals surface area contributed by atoms with Gasteiger partial charge in [-0.2, -0.15) is 0 Å². The molecule has 2 nitrogen and oxygen atoms in total. The van der Waals surface area contributed by atoms with Crippen molar-refractivity contribution in [3.05, 3.63) is 29.8 Å². The van der Waals surface area contributed by atoms with Gasteiger partial charge in [-0.15, -0.1) is 0 Å². The number of phenols is 1. The van der Waals surface area contributed by atoms with Crippen LogP contribution in [0.4, 0.5) is 0 Å². The molecule has 1 N–H and O–H groups in total. The fourth-order valence-electron chi connectivity index (χ4n) is 0.587. The maximum absolute atomic E-state index is 10.1. The van der Waals surface area contributed by atoms with E-state index in [4.69, 9.17) is 5.11 Å². The summed E-state index contributed by atoms with van der Waals surface area (Å²) in [4.78, 5) is 10.1. The predicted octanol–water partition coefficient (Wildman–Crippen LogP) is 1.20. The van der Waals surface area contributed by atoms with Gasteiger partial charge in [-0.1, -0.05) is 12.1 Å². The molecule has 1 aromatic rings. The van der Waals surface area contributed by atoms with Crippen LogP contribution in [-0.2, 0) is 0 Å². The molecule has 0 bridgehead atoms. The van der Waals surface area contributed by atoms with Gasteiger partial charge in [0.15, 0.2) is 6.29 Å². The Kier molecular flexibility index (Phi) is 4.81. The van der Waals surface area contributed by atoms with Crippen molar-refractivity contribution in [1.29, 1.82) is 0 Å². The zero-order chi connectivity index (χ0) is 6.69. The summed E-state index contributed by atoms with van der Waals surface area (Å²) < 4.78 is 0. The molecule has 0 heterocycles. The summed E-state index contributed by atoms with van der Waals surface area (Å²) in [6, 6.07) is 6.40. The van der Waals surface area contributed by atoms with Gasteiger partial charge in [-0.3, -0.25) is 4.79 Å². The van der Waals surface area contributed by atoms with Gasteiger partial charge in [0.25, 0.3) is 0 Å². The molecule has 0 unspecified atom stereocenters. The van der Waals surface area contributed by atoms with Gasteiger partial charge in [-0.25, -0.2) is 0 Å². The Bertz CT molecular complexity index is 223. The topological polar surface area (TPSA) is 37.3 Å². The molecule has 0 aliphatic rings. The first kappa shape index (κ1) is 10.0. The summed E-state index contributed by atoms with van der Waals surface area (Å²) in [5.41, 5.74) is 0.331. The first-order chi connectivity index (χ1) is 4.34. The zero-order valence-electron chi connectivity index (χ0n) is 5.24. The molecular formula is C7H6NdO2. The van der Waals surface area contributed by atoms with Crippen molar-refractivity contribution in [1.82, 2.24) is 0 Å². The van der Waals surface area contributed by atoms with E-state index in [1.165, 1.54) is 6.07 Å². The molecule has 3 heteroatoms. The van der Waals surface area contributed by atoms with Crippen molar-refractivity contribution in [3.63, 3.8) is 0 Å². The van der Waals surface area contributed by atoms with Crippen molar-refractivity contribution in [2.75, 3.05) is 0 Å². The van der Waals surface area contributed by atoms with Gasteiger partial charge < -0.3 is 5.11 Å². The molecule has 0 radical (unpaired) electrons. The summed E-state index contributed by atoms with van der Waals surface area (Å²) >= 11 is 0. The summed E-state index contributed by atoms with van der Waals surface area (Å²) in [5, 5.41) is 8.88. The van der Waals surface area contributed by atoms with E-state index in [-0.39, 0.29) is 46.6 Å². The summed E-state index contributed by atoms with van der Waals surface area (Å²) in [5.74, 6) is 0.0347. The molecule has 0 saturated heterocycles. The molecule has 0 spiro atoms. The zero-order valence-corrected chi connectivity index (χ0v) is 8.45. The molecule has 0 fully saturated rings. The minimum Gasteiger partial charge on any atom is -0.507 e. The average molecular weight is 266 g/mol. The van der Waals surface area contributed by atoms with E-state index in [0.29, 0.717) is 11.8 Å². The van der Waals surface area contributed by atoms with Gasteiger partial charge in [0, 0.05) is 40.8 Å². The van der Waals surface area contributed by atoms with Crippen molar-refractivity contribution in [2.24, 2.45) is 0 Å². The second-order valence-electron chi connectivity index (χ2n) is 1.68. The maximum atomic E-state index is 10.1. The fraction of sp³-hybridized carbons (Fsp3) is 0. The molecule has 0 atom stereocenters. The van der Waals surface area contributed by atoms with Crippen LogP contribution >= 0.6 is 0 Å². The molecule has 0 aliphatic heterocycles. The van der Waals surface area contributed by atoms with Crippen LogP contribution in [0.3, 0.4) is 0 Å². The Morgan fingerprint density at radius 2 is 1.90 bits per heavy atom. The third-order valence-electron chi connectivity index (χ3n) is 1.06. The number of aldehydes is 1. The van der Waals surface area contributed by atoms with Crippen molar-refractivity contribution < 1.29 is 50.7 Å². The molecule has 50 valence electrons. The smallest absolute Gasteiger partial charge is 0.153 e.